The number of aliphatic hydroxyl groups excluding tert-OH is 1. The molecule has 22 heavy (non-hydrogen) atoms. The molecule has 1 aliphatic rings. The average Bonchev–Trinajstić information content (AvgIpc) is 3.17. The number of nitrogens with one attached hydrogen (secondary N) is 2. The molecule has 1 atom stereocenters. The molecule has 0 aromatic carbocycles. The zero-order chi connectivity index (χ0) is 15.8. The molecular weight excluding hydrogens is 300 g/mol. The van der Waals surface area contributed by atoms with Crippen molar-refractivity contribution in [2.24, 2.45) is 0 Å². The van der Waals surface area contributed by atoms with Gasteiger partial charge >= 0.3 is 6.03 Å². The number of carbonyl (C=O) groups is 1. The number of hydrogen-bond acceptors (Lipinski definition) is 5. The third kappa shape index (κ3) is 5.46. The number of aromatic nitrogens is 1. The van der Waals surface area contributed by atoms with E-state index in [-0.39, 0.29) is 12.1 Å². The van der Waals surface area contributed by atoms with E-state index >= 15 is 0 Å². The smallest absolute Gasteiger partial charge is 0.314 e. The Hall–Kier alpha value is -1.34. The second-order valence-corrected chi connectivity index (χ2v) is 6.44. The molecule has 6 nitrogen and oxygen atoms in total. The van der Waals surface area contributed by atoms with Gasteiger partial charge < -0.3 is 20.6 Å². The predicted octanol–water partition coefficient (Wildman–Crippen LogP) is 1.75. The topological polar surface area (TPSA) is 77.5 Å². The van der Waals surface area contributed by atoms with E-state index < -0.39 is 0 Å². The summed E-state index contributed by atoms with van der Waals surface area (Å²) in [5.41, 5.74) is 1.04. The molecule has 2 heterocycles. The van der Waals surface area contributed by atoms with Crippen LogP contribution in [0, 0.1) is 0 Å². The van der Waals surface area contributed by atoms with Crippen LogP contribution in [0.3, 0.4) is 0 Å². The van der Waals surface area contributed by atoms with Gasteiger partial charge in [-0.3, -0.25) is 0 Å². The van der Waals surface area contributed by atoms with E-state index in [9.17, 15) is 9.90 Å². The Balaban J connectivity index is 1.60. The van der Waals surface area contributed by atoms with Crippen LogP contribution >= 0.6 is 11.3 Å². The van der Waals surface area contributed by atoms with Crippen LogP contribution in [0.4, 0.5) is 9.93 Å². The second kappa shape index (κ2) is 8.95. The summed E-state index contributed by atoms with van der Waals surface area (Å²) in [5, 5.41) is 18.2. The van der Waals surface area contributed by atoms with Gasteiger partial charge in [0.1, 0.15) is 0 Å². The summed E-state index contributed by atoms with van der Waals surface area (Å²) < 4.78 is 0. The second-order valence-electron chi connectivity index (χ2n) is 5.60. The Morgan fingerprint density at radius 1 is 1.41 bits per heavy atom. The van der Waals surface area contributed by atoms with Gasteiger partial charge in [0.2, 0.25) is 0 Å². The van der Waals surface area contributed by atoms with Crippen LogP contribution < -0.4 is 15.5 Å². The molecule has 1 aromatic rings. The van der Waals surface area contributed by atoms with Crippen molar-refractivity contribution in [2.75, 3.05) is 31.1 Å². The summed E-state index contributed by atoms with van der Waals surface area (Å²) in [5.74, 6) is 0. The van der Waals surface area contributed by atoms with Gasteiger partial charge in [-0.15, -0.1) is 11.3 Å². The molecule has 1 aliphatic heterocycles. The van der Waals surface area contributed by atoms with E-state index in [4.69, 9.17) is 0 Å². The Bertz CT molecular complexity index is 460. The lowest BCUT2D eigenvalue weighted by atomic mass is 10.2. The zero-order valence-corrected chi connectivity index (χ0v) is 14.0. The van der Waals surface area contributed by atoms with Gasteiger partial charge in [0.05, 0.1) is 11.8 Å². The Kier molecular flexibility index (Phi) is 6.92. The molecule has 124 valence electrons. The number of thiazole rings is 1. The number of urea groups is 1. The number of carbonyl (C=O) groups excluding carboxylic acids is 1. The van der Waals surface area contributed by atoms with Crippen LogP contribution in [0.2, 0.25) is 0 Å². The van der Waals surface area contributed by atoms with Crippen LogP contribution in [0.1, 0.15) is 38.3 Å². The van der Waals surface area contributed by atoms with E-state index in [2.05, 4.69) is 25.9 Å². The molecular formula is C15H26N4O2S. The van der Waals surface area contributed by atoms with Crippen LogP contribution in [0.15, 0.2) is 5.38 Å². The average molecular weight is 326 g/mol. The van der Waals surface area contributed by atoms with Gasteiger partial charge in [-0.25, -0.2) is 9.78 Å². The van der Waals surface area contributed by atoms with Crippen molar-refractivity contribution < 1.29 is 9.90 Å². The molecule has 0 radical (unpaired) electrons. The fourth-order valence-corrected chi connectivity index (χ4v) is 3.30. The van der Waals surface area contributed by atoms with Gasteiger partial charge in [0.15, 0.2) is 5.13 Å². The quantitative estimate of drug-likeness (QED) is 0.680. The van der Waals surface area contributed by atoms with Crippen molar-refractivity contribution in [3.05, 3.63) is 11.1 Å². The van der Waals surface area contributed by atoms with Gasteiger partial charge in [-0.2, -0.15) is 0 Å². The number of amides is 2. The van der Waals surface area contributed by atoms with Gasteiger partial charge in [0.25, 0.3) is 0 Å². The van der Waals surface area contributed by atoms with Crippen LogP contribution in [0.5, 0.6) is 0 Å². The van der Waals surface area contributed by atoms with Gasteiger partial charge in [0, 0.05) is 38.0 Å². The summed E-state index contributed by atoms with van der Waals surface area (Å²) in [6.07, 6.45) is 4.23. The van der Waals surface area contributed by atoms with Crippen molar-refractivity contribution in [1.29, 1.82) is 0 Å². The lowest BCUT2D eigenvalue weighted by molar-refractivity contribution is 0.160. The molecule has 0 aliphatic carbocycles. The number of rotatable bonds is 8. The Labute approximate surface area is 135 Å². The van der Waals surface area contributed by atoms with E-state index in [1.54, 1.807) is 11.3 Å². The van der Waals surface area contributed by atoms with Crippen molar-refractivity contribution in [3.63, 3.8) is 0 Å². The summed E-state index contributed by atoms with van der Waals surface area (Å²) in [6, 6.07) is -0.182. The van der Waals surface area contributed by atoms with E-state index in [1.807, 2.05) is 6.92 Å². The minimum absolute atomic E-state index is 0.182. The van der Waals surface area contributed by atoms with Crippen molar-refractivity contribution in [3.8, 4) is 0 Å². The zero-order valence-electron chi connectivity index (χ0n) is 13.2. The fourth-order valence-electron chi connectivity index (χ4n) is 2.39. The minimum Gasteiger partial charge on any atom is -0.393 e. The third-order valence-electron chi connectivity index (χ3n) is 3.82. The highest BCUT2D eigenvalue weighted by Gasteiger charge is 2.15. The lowest BCUT2D eigenvalue weighted by Crippen LogP contribution is -2.37. The fraction of sp³-hybridized carbons (Fsp3) is 0.733. The van der Waals surface area contributed by atoms with E-state index in [0.29, 0.717) is 25.9 Å². The first-order valence-corrected chi connectivity index (χ1v) is 8.96. The third-order valence-corrected chi connectivity index (χ3v) is 4.77. The van der Waals surface area contributed by atoms with Crippen LogP contribution in [-0.4, -0.2) is 48.4 Å². The van der Waals surface area contributed by atoms with Crippen LogP contribution in [0.25, 0.3) is 0 Å². The first kappa shape index (κ1) is 17.0. The SMILES string of the molecule is CCC(O)CCNC(=O)NCCc1csc(N2CCCC2)n1. The number of anilines is 1. The largest absolute Gasteiger partial charge is 0.393 e. The molecule has 2 rings (SSSR count). The maximum absolute atomic E-state index is 11.6. The standard InChI is InChI=1S/C15H26N4O2S/c1-2-13(20)6-8-17-14(21)16-7-5-12-11-22-15(18-12)19-9-3-4-10-19/h11,13,20H,2-10H2,1H3,(H2,16,17,21). The van der Waals surface area contributed by atoms with E-state index in [1.165, 1.54) is 12.8 Å². The molecule has 7 heteroatoms. The first-order valence-electron chi connectivity index (χ1n) is 8.08. The van der Waals surface area contributed by atoms with Gasteiger partial charge in [-0.1, -0.05) is 6.92 Å². The molecule has 1 fully saturated rings. The molecule has 0 spiro atoms. The summed E-state index contributed by atoms with van der Waals surface area (Å²) in [6.45, 7) is 5.21. The molecule has 2 amide bonds. The molecule has 1 aromatic heterocycles. The van der Waals surface area contributed by atoms with Crippen molar-refractivity contribution >= 4 is 22.5 Å². The monoisotopic (exact) mass is 326 g/mol. The summed E-state index contributed by atoms with van der Waals surface area (Å²) in [7, 11) is 0. The first-order chi connectivity index (χ1) is 10.7. The molecule has 0 saturated carbocycles. The summed E-state index contributed by atoms with van der Waals surface area (Å²) >= 11 is 1.68. The number of hydrogen-bond donors (Lipinski definition) is 3. The molecule has 0 bridgehead atoms. The van der Waals surface area contributed by atoms with Crippen LogP contribution in [-0.2, 0) is 6.42 Å². The maximum Gasteiger partial charge on any atom is 0.314 e. The summed E-state index contributed by atoms with van der Waals surface area (Å²) in [4.78, 5) is 18.5. The lowest BCUT2D eigenvalue weighted by Gasteiger charge is -2.12. The number of nitrogens with zero attached hydrogens (tertiary/aromatic N) is 2. The Morgan fingerprint density at radius 3 is 2.86 bits per heavy atom. The highest BCUT2D eigenvalue weighted by Crippen LogP contribution is 2.24. The minimum atomic E-state index is -0.334. The van der Waals surface area contributed by atoms with Gasteiger partial charge in [-0.05, 0) is 25.7 Å². The van der Waals surface area contributed by atoms with E-state index in [0.717, 1.165) is 30.3 Å². The highest BCUT2D eigenvalue weighted by molar-refractivity contribution is 7.13. The maximum atomic E-state index is 11.6. The number of aliphatic hydroxyl groups is 1. The molecule has 1 unspecified atom stereocenters. The van der Waals surface area contributed by atoms with Crippen molar-refractivity contribution in [2.45, 2.75) is 45.1 Å². The predicted molar refractivity (Wildman–Crippen MR) is 89.6 cm³/mol. The Morgan fingerprint density at radius 2 is 2.14 bits per heavy atom. The molecule has 1 saturated heterocycles. The molecule has 3 N–H and O–H groups in total. The highest BCUT2D eigenvalue weighted by atomic mass is 32.1. The normalized spacial score (nSPS) is 15.8. The van der Waals surface area contributed by atoms with Crippen molar-refractivity contribution in [1.82, 2.24) is 15.6 Å².